The molecule has 0 saturated carbocycles. The van der Waals surface area contributed by atoms with Crippen molar-refractivity contribution in [2.75, 3.05) is 22.4 Å². The first-order valence-corrected chi connectivity index (χ1v) is 14.6. The van der Waals surface area contributed by atoms with Crippen LogP contribution in [0.2, 0.25) is 0 Å². The van der Waals surface area contributed by atoms with E-state index < -0.39 is 15.8 Å². The molecule has 0 radical (unpaired) electrons. The Balaban J connectivity index is 3.08. The third kappa shape index (κ3) is 13.0. The first kappa shape index (κ1) is 14.0. The summed E-state index contributed by atoms with van der Waals surface area (Å²) in [4.78, 5) is 2.39. The number of rotatable bonds is 6. The summed E-state index contributed by atoms with van der Waals surface area (Å²) < 4.78 is 1.39. The molecule has 1 nitrogen and oxygen atoms in total. The zero-order valence-electron chi connectivity index (χ0n) is 8.50. The van der Waals surface area contributed by atoms with Crippen molar-refractivity contribution in [1.29, 1.82) is 0 Å². The summed E-state index contributed by atoms with van der Waals surface area (Å²) in [5.74, 6) is 6.32. The van der Waals surface area contributed by atoms with Crippen molar-refractivity contribution in [3.8, 4) is 11.8 Å². The van der Waals surface area contributed by atoms with Gasteiger partial charge in [-0.25, -0.2) is 0 Å². The second kappa shape index (κ2) is 11.1. The van der Waals surface area contributed by atoms with Crippen LogP contribution in [-0.4, -0.2) is 22.4 Å². The van der Waals surface area contributed by atoms with Gasteiger partial charge in [0.2, 0.25) is 0 Å². The first-order chi connectivity index (χ1) is 6.27. The molecule has 0 aliphatic heterocycles. The molecular formula is C10H19I2N. The maximum absolute atomic E-state index is 3.35. The quantitative estimate of drug-likeness (QED) is 0.309. The van der Waals surface area contributed by atoms with E-state index in [2.05, 4.69) is 47.6 Å². The van der Waals surface area contributed by atoms with Gasteiger partial charge in [0.1, 0.15) is 0 Å². The molecule has 1 N–H and O–H groups in total. The van der Waals surface area contributed by atoms with Crippen molar-refractivity contribution in [3.63, 3.8) is 0 Å². The summed E-state index contributed by atoms with van der Waals surface area (Å²) in [7, 11) is 0. The van der Waals surface area contributed by atoms with E-state index in [9.17, 15) is 0 Å². The van der Waals surface area contributed by atoms with Crippen LogP contribution in [0.4, 0.5) is 0 Å². The third-order valence-electron chi connectivity index (χ3n) is 1.53. The molecule has 0 aromatic heterocycles. The van der Waals surface area contributed by atoms with E-state index in [-0.39, 0.29) is 0 Å². The maximum atomic E-state index is 3.35. The van der Waals surface area contributed by atoms with Crippen LogP contribution in [0.3, 0.4) is 0 Å². The Bertz CT molecular complexity index is 158. The van der Waals surface area contributed by atoms with Crippen molar-refractivity contribution >= 4 is 34.5 Å². The minimum atomic E-state index is -0.528. The van der Waals surface area contributed by atoms with Gasteiger partial charge in [-0.05, 0) is 0 Å². The topological polar surface area (TPSA) is 12.0 Å². The van der Waals surface area contributed by atoms with Gasteiger partial charge >= 0.3 is 100 Å². The van der Waals surface area contributed by atoms with Gasteiger partial charge in [-0.15, -0.1) is 0 Å². The number of hydrogen-bond acceptors (Lipinski definition) is 1. The van der Waals surface area contributed by atoms with Crippen LogP contribution >= 0.6 is 34.5 Å². The van der Waals surface area contributed by atoms with E-state index in [4.69, 9.17) is 0 Å². The van der Waals surface area contributed by atoms with Gasteiger partial charge in [-0.2, -0.15) is 0 Å². The Morgan fingerprint density at radius 1 is 1.38 bits per heavy atom. The fraction of sp³-hybridized carbons (Fsp3) is 0.800. The molecule has 0 amide bonds. The molecule has 78 valence electrons. The van der Waals surface area contributed by atoms with Crippen molar-refractivity contribution < 1.29 is 0 Å². The summed E-state index contributed by atoms with van der Waals surface area (Å²) >= 11 is 2.07. The van der Waals surface area contributed by atoms with Crippen LogP contribution in [0.1, 0.15) is 26.2 Å². The fourth-order valence-electron chi connectivity index (χ4n) is 0.764. The molecule has 0 unspecified atom stereocenters. The van der Waals surface area contributed by atoms with Crippen LogP contribution in [-0.2, 0) is 0 Å². The van der Waals surface area contributed by atoms with E-state index in [1.54, 1.807) is 0 Å². The van der Waals surface area contributed by atoms with E-state index >= 15 is 0 Å². The van der Waals surface area contributed by atoms with Crippen LogP contribution in [0.15, 0.2) is 0 Å². The second-order valence-electron chi connectivity index (χ2n) is 2.83. The Morgan fingerprint density at radius 3 is 2.77 bits per heavy atom. The summed E-state index contributed by atoms with van der Waals surface area (Å²) in [6.45, 7) is 4.24. The van der Waals surface area contributed by atoms with Gasteiger partial charge in [0.05, 0.1) is 0 Å². The van der Waals surface area contributed by atoms with Crippen LogP contribution in [0.25, 0.3) is 0 Å². The SMILES string of the molecule is CCCCC#CCNCCI(C)I. The molecule has 0 atom stereocenters. The van der Waals surface area contributed by atoms with Crippen molar-refractivity contribution in [2.45, 2.75) is 26.2 Å². The zero-order valence-corrected chi connectivity index (χ0v) is 12.8. The fourth-order valence-corrected chi connectivity index (χ4v) is 3.26. The molecular weight excluding hydrogens is 388 g/mol. The standard InChI is InChI=1S/C10H19I2N/c1-3-4-5-6-7-9-13-10-8-12(2)11/h13H,3-5,8-10H2,1-2H3. The van der Waals surface area contributed by atoms with Gasteiger partial charge in [0.15, 0.2) is 0 Å². The number of nitrogens with one attached hydrogen (secondary N) is 1. The molecule has 0 aromatic carbocycles. The molecule has 0 aliphatic rings. The summed E-state index contributed by atoms with van der Waals surface area (Å²) in [6, 6.07) is 0. The number of alkyl halides is 2. The van der Waals surface area contributed by atoms with E-state index in [0.717, 1.165) is 19.5 Å². The van der Waals surface area contributed by atoms with Crippen LogP contribution in [0.5, 0.6) is 0 Å². The Hall–Kier alpha value is 0.980. The zero-order chi connectivity index (χ0) is 9.94. The normalized spacial score (nSPS) is 10.5. The molecule has 0 aliphatic carbocycles. The van der Waals surface area contributed by atoms with Crippen molar-refractivity contribution in [1.82, 2.24) is 5.32 Å². The summed E-state index contributed by atoms with van der Waals surface area (Å²) in [5, 5.41) is 3.35. The molecule has 0 bridgehead atoms. The predicted octanol–water partition coefficient (Wildman–Crippen LogP) is 3.26. The van der Waals surface area contributed by atoms with Gasteiger partial charge < -0.3 is 0 Å². The van der Waals surface area contributed by atoms with Gasteiger partial charge in [0, 0.05) is 0 Å². The Kier molecular flexibility index (Phi) is 11.9. The van der Waals surface area contributed by atoms with Crippen LogP contribution in [0, 0.1) is 11.8 Å². The van der Waals surface area contributed by atoms with Crippen molar-refractivity contribution in [2.24, 2.45) is 0 Å². The van der Waals surface area contributed by atoms with E-state index in [1.165, 1.54) is 17.3 Å². The van der Waals surface area contributed by atoms with E-state index in [0.29, 0.717) is 0 Å². The van der Waals surface area contributed by atoms with Gasteiger partial charge in [-0.1, -0.05) is 0 Å². The molecule has 3 heteroatoms. The van der Waals surface area contributed by atoms with Gasteiger partial charge in [0.25, 0.3) is 0 Å². The third-order valence-corrected chi connectivity index (χ3v) is 6.29. The average Bonchev–Trinajstić information content (AvgIpc) is 2.09. The molecule has 0 spiro atoms. The predicted molar refractivity (Wildman–Crippen MR) is 79.0 cm³/mol. The minimum absolute atomic E-state index is 0.528. The summed E-state index contributed by atoms with van der Waals surface area (Å²) in [6.07, 6.45) is 3.56. The van der Waals surface area contributed by atoms with Gasteiger partial charge in [-0.3, -0.25) is 0 Å². The molecule has 0 heterocycles. The van der Waals surface area contributed by atoms with Crippen LogP contribution < -0.4 is 5.32 Å². The van der Waals surface area contributed by atoms with Crippen molar-refractivity contribution in [3.05, 3.63) is 0 Å². The number of hydrogen-bond donors (Lipinski definition) is 1. The second-order valence-corrected chi connectivity index (χ2v) is 16.2. The molecule has 13 heavy (non-hydrogen) atoms. The molecule has 0 fully saturated rings. The average molecular weight is 407 g/mol. The first-order valence-electron chi connectivity index (χ1n) is 4.66. The Morgan fingerprint density at radius 2 is 2.15 bits per heavy atom. The Labute approximate surface area is 99.4 Å². The number of halogens is 2. The molecule has 0 aromatic rings. The summed E-state index contributed by atoms with van der Waals surface area (Å²) in [5.41, 5.74) is 0. The number of unbranched alkanes of at least 4 members (excludes halogenated alkanes) is 2. The monoisotopic (exact) mass is 407 g/mol. The van der Waals surface area contributed by atoms with E-state index in [1.807, 2.05) is 0 Å². The molecule has 0 saturated heterocycles. The molecule has 0 rings (SSSR count).